The molecule has 2 aromatic heterocycles. The molecule has 0 bridgehead atoms. The van der Waals surface area contributed by atoms with Crippen LogP contribution >= 0.6 is 0 Å². The van der Waals surface area contributed by atoms with Gasteiger partial charge in [0.25, 0.3) is 11.8 Å². The van der Waals surface area contributed by atoms with Crippen LogP contribution in [0.2, 0.25) is 0 Å². The number of aromatic nitrogens is 1. The minimum Gasteiger partial charge on any atom is -0.459 e. The normalized spacial score (nSPS) is 14.9. The minimum absolute atomic E-state index is 0.0287. The van der Waals surface area contributed by atoms with Crippen LogP contribution in [0.15, 0.2) is 47.1 Å². The van der Waals surface area contributed by atoms with Crippen molar-refractivity contribution in [2.24, 2.45) is 0 Å². The summed E-state index contributed by atoms with van der Waals surface area (Å²) in [6, 6.07) is 11.3. The number of aryl methyl sites for hydroxylation is 1. The molecule has 1 N–H and O–H groups in total. The first-order valence-electron chi connectivity index (χ1n) is 8.33. The number of nitrogens with zero attached hydrogens (tertiary/aromatic N) is 2. The molecule has 25 heavy (non-hydrogen) atoms. The molecule has 1 fully saturated rings. The van der Waals surface area contributed by atoms with Crippen LogP contribution in [0.3, 0.4) is 0 Å². The number of carbonyl (C=O) groups is 2. The fraction of sp³-hybridized carbons (Fsp3) is 0.263. The number of H-pyrrole nitrogens is 1. The van der Waals surface area contributed by atoms with E-state index in [0.717, 1.165) is 16.5 Å². The van der Waals surface area contributed by atoms with Crippen LogP contribution in [0.1, 0.15) is 26.6 Å². The minimum atomic E-state index is -0.127. The van der Waals surface area contributed by atoms with Gasteiger partial charge in [-0.15, -0.1) is 0 Å². The number of nitrogens with one attached hydrogen (secondary N) is 1. The van der Waals surface area contributed by atoms with Crippen molar-refractivity contribution in [2.75, 3.05) is 26.2 Å². The number of fused-ring (bicyclic) bond motifs is 1. The second-order valence-electron chi connectivity index (χ2n) is 6.34. The molecule has 0 unspecified atom stereocenters. The highest BCUT2D eigenvalue weighted by Gasteiger charge is 2.27. The molecule has 2 amide bonds. The Morgan fingerprint density at radius 2 is 1.72 bits per heavy atom. The Labute approximate surface area is 145 Å². The molecule has 0 spiro atoms. The van der Waals surface area contributed by atoms with Crippen LogP contribution in [0, 0.1) is 6.92 Å². The van der Waals surface area contributed by atoms with Crippen LogP contribution < -0.4 is 0 Å². The van der Waals surface area contributed by atoms with Crippen molar-refractivity contribution >= 4 is 22.7 Å². The molecule has 0 aliphatic carbocycles. The number of rotatable bonds is 2. The Bertz CT molecular complexity index is 919. The SMILES string of the molecule is Cc1ccc2[nH]c(C(=O)N3CCN(C(=O)c4ccco4)CC3)cc2c1. The number of carbonyl (C=O) groups excluding carboxylic acids is 2. The maximum Gasteiger partial charge on any atom is 0.289 e. The molecule has 1 aromatic carbocycles. The Kier molecular flexibility index (Phi) is 3.80. The first kappa shape index (κ1) is 15.5. The van der Waals surface area contributed by atoms with E-state index in [2.05, 4.69) is 11.1 Å². The topological polar surface area (TPSA) is 69.6 Å². The van der Waals surface area contributed by atoms with E-state index in [1.807, 2.05) is 25.1 Å². The summed E-state index contributed by atoms with van der Waals surface area (Å²) in [5.74, 6) is 0.183. The predicted octanol–water partition coefficient (Wildman–Crippen LogP) is 2.67. The van der Waals surface area contributed by atoms with E-state index in [9.17, 15) is 9.59 Å². The van der Waals surface area contributed by atoms with Crippen LogP contribution in [-0.4, -0.2) is 52.8 Å². The lowest BCUT2D eigenvalue weighted by molar-refractivity contribution is 0.0516. The lowest BCUT2D eigenvalue weighted by Gasteiger charge is -2.34. The molecule has 1 aliphatic heterocycles. The maximum absolute atomic E-state index is 12.7. The maximum atomic E-state index is 12.7. The van der Waals surface area contributed by atoms with Gasteiger partial charge in [0.1, 0.15) is 5.69 Å². The fourth-order valence-electron chi connectivity index (χ4n) is 3.21. The van der Waals surface area contributed by atoms with Gasteiger partial charge in [0.05, 0.1) is 6.26 Å². The van der Waals surface area contributed by atoms with Gasteiger partial charge in [-0.2, -0.15) is 0 Å². The van der Waals surface area contributed by atoms with Gasteiger partial charge in [-0.05, 0) is 37.3 Å². The summed E-state index contributed by atoms with van der Waals surface area (Å²) in [5.41, 5.74) is 2.71. The molecule has 128 valence electrons. The van der Waals surface area contributed by atoms with E-state index in [1.54, 1.807) is 21.9 Å². The average Bonchev–Trinajstić information content (AvgIpc) is 3.30. The first-order valence-corrected chi connectivity index (χ1v) is 8.33. The summed E-state index contributed by atoms with van der Waals surface area (Å²) in [4.78, 5) is 31.7. The number of hydrogen-bond acceptors (Lipinski definition) is 3. The fourth-order valence-corrected chi connectivity index (χ4v) is 3.21. The summed E-state index contributed by atoms with van der Waals surface area (Å²) >= 11 is 0. The third-order valence-electron chi connectivity index (χ3n) is 4.59. The lowest BCUT2D eigenvalue weighted by Crippen LogP contribution is -2.50. The van der Waals surface area contributed by atoms with E-state index in [1.165, 1.54) is 6.26 Å². The second kappa shape index (κ2) is 6.12. The highest BCUT2D eigenvalue weighted by atomic mass is 16.3. The quantitative estimate of drug-likeness (QED) is 0.781. The van der Waals surface area contributed by atoms with Gasteiger partial charge in [0, 0.05) is 37.1 Å². The van der Waals surface area contributed by atoms with Gasteiger partial charge < -0.3 is 19.2 Å². The average molecular weight is 337 g/mol. The highest BCUT2D eigenvalue weighted by molar-refractivity contribution is 5.98. The predicted molar refractivity (Wildman–Crippen MR) is 93.6 cm³/mol. The third kappa shape index (κ3) is 2.91. The van der Waals surface area contributed by atoms with Gasteiger partial charge in [-0.3, -0.25) is 9.59 Å². The van der Waals surface area contributed by atoms with Gasteiger partial charge in [0.2, 0.25) is 0 Å². The van der Waals surface area contributed by atoms with E-state index < -0.39 is 0 Å². The van der Waals surface area contributed by atoms with Crippen molar-refractivity contribution in [3.05, 3.63) is 59.7 Å². The molecule has 3 heterocycles. The standard InChI is InChI=1S/C19H19N3O3/c1-13-4-5-15-14(11-13)12-16(20-15)18(23)21-6-8-22(9-7-21)19(24)17-3-2-10-25-17/h2-5,10-12,20H,6-9H2,1H3. The summed E-state index contributed by atoms with van der Waals surface area (Å²) in [5, 5.41) is 1.04. The zero-order chi connectivity index (χ0) is 17.4. The molecular formula is C19H19N3O3. The molecule has 0 saturated carbocycles. The highest BCUT2D eigenvalue weighted by Crippen LogP contribution is 2.19. The molecule has 0 atom stereocenters. The summed E-state index contributed by atoms with van der Waals surface area (Å²) < 4.78 is 5.16. The number of aromatic amines is 1. The van der Waals surface area contributed by atoms with Crippen molar-refractivity contribution in [3.63, 3.8) is 0 Å². The van der Waals surface area contributed by atoms with Gasteiger partial charge in [-0.25, -0.2) is 0 Å². The lowest BCUT2D eigenvalue weighted by atomic mass is 10.2. The van der Waals surface area contributed by atoms with E-state index in [0.29, 0.717) is 37.6 Å². The number of furan rings is 1. The van der Waals surface area contributed by atoms with Crippen molar-refractivity contribution in [2.45, 2.75) is 6.92 Å². The summed E-state index contributed by atoms with van der Waals surface area (Å²) in [6.07, 6.45) is 1.49. The van der Waals surface area contributed by atoms with E-state index >= 15 is 0 Å². The van der Waals surface area contributed by atoms with Crippen molar-refractivity contribution in [1.82, 2.24) is 14.8 Å². The second-order valence-corrected chi connectivity index (χ2v) is 6.34. The molecule has 6 heteroatoms. The number of hydrogen-bond donors (Lipinski definition) is 1. The zero-order valence-electron chi connectivity index (χ0n) is 14.0. The van der Waals surface area contributed by atoms with Crippen molar-refractivity contribution < 1.29 is 14.0 Å². The van der Waals surface area contributed by atoms with Crippen LogP contribution in [0.5, 0.6) is 0 Å². The molecular weight excluding hydrogens is 318 g/mol. The monoisotopic (exact) mass is 337 g/mol. The van der Waals surface area contributed by atoms with Gasteiger partial charge in [-0.1, -0.05) is 11.6 Å². The Morgan fingerprint density at radius 1 is 1.00 bits per heavy atom. The molecule has 6 nitrogen and oxygen atoms in total. The number of piperazine rings is 1. The van der Waals surface area contributed by atoms with Crippen molar-refractivity contribution in [3.8, 4) is 0 Å². The zero-order valence-corrected chi connectivity index (χ0v) is 14.0. The van der Waals surface area contributed by atoms with E-state index in [4.69, 9.17) is 4.42 Å². The molecule has 0 radical (unpaired) electrons. The Morgan fingerprint density at radius 3 is 2.40 bits per heavy atom. The molecule has 1 aliphatic rings. The smallest absolute Gasteiger partial charge is 0.289 e. The summed E-state index contributed by atoms with van der Waals surface area (Å²) in [6.45, 7) is 4.07. The number of amides is 2. The van der Waals surface area contributed by atoms with Gasteiger partial charge >= 0.3 is 0 Å². The third-order valence-corrected chi connectivity index (χ3v) is 4.59. The molecule has 3 aromatic rings. The Balaban J connectivity index is 1.44. The first-order chi connectivity index (χ1) is 12.1. The summed E-state index contributed by atoms with van der Waals surface area (Å²) in [7, 11) is 0. The molecule has 1 saturated heterocycles. The number of benzene rings is 1. The van der Waals surface area contributed by atoms with Crippen LogP contribution in [0.25, 0.3) is 10.9 Å². The largest absolute Gasteiger partial charge is 0.459 e. The van der Waals surface area contributed by atoms with E-state index in [-0.39, 0.29) is 11.8 Å². The Hall–Kier alpha value is -3.02. The molecule has 4 rings (SSSR count). The van der Waals surface area contributed by atoms with Crippen LogP contribution in [0.4, 0.5) is 0 Å². The van der Waals surface area contributed by atoms with Gasteiger partial charge in [0.15, 0.2) is 5.76 Å². The van der Waals surface area contributed by atoms with Crippen LogP contribution in [-0.2, 0) is 0 Å². The van der Waals surface area contributed by atoms with Crippen molar-refractivity contribution in [1.29, 1.82) is 0 Å².